The fraction of sp³-hybridized carbons (Fsp3) is 0.750. The first-order valence-corrected chi connectivity index (χ1v) is 3.37. The van der Waals surface area contributed by atoms with Crippen molar-refractivity contribution in [2.75, 3.05) is 41.8 Å². The summed E-state index contributed by atoms with van der Waals surface area (Å²) in [6.07, 6.45) is 1.88. The van der Waals surface area contributed by atoms with Crippen molar-refractivity contribution in [2.24, 2.45) is 0 Å². The molecule has 0 amide bonds. The van der Waals surface area contributed by atoms with Crippen LogP contribution < -0.4 is 0 Å². The number of hydrogen-bond donors (Lipinski definition) is 0. The van der Waals surface area contributed by atoms with Gasteiger partial charge < -0.3 is 9.80 Å². The third-order valence-corrected chi connectivity index (χ3v) is 0.494. The quantitative estimate of drug-likeness (QED) is 0.592. The predicted molar refractivity (Wildman–Crippen MR) is 55.6 cm³/mol. The second-order valence-corrected chi connectivity index (χ2v) is 2.89. The maximum Gasteiger partial charge on any atom is 0.0154 e. The van der Waals surface area contributed by atoms with Gasteiger partial charge in [-0.1, -0.05) is 6.08 Å². The summed E-state index contributed by atoms with van der Waals surface area (Å²) < 4.78 is 0. The molecule has 70 valence electrons. The van der Waals surface area contributed by atoms with Gasteiger partial charge in [0.15, 0.2) is 0 Å². The first kappa shape index (κ1) is 17.2. The summed E-state index contributed by atoms with van der Waals surface area (Å²) in [4.78, 5) is 4.06. The van der Waals surface area contributed by atoms with E-state index in [1.807, 2.05) is 46.2 Å². The Morgan fingerprint density at radius 2 is 1.36 bits per heavy atom. The van der Waals surface area contributed by atoms with Crippen LogP contribution in [0.15, 0.2) is 12.7 Å². The van der Waals surface area contributed by atoms with Crippen LogP contribution in [0.4, 0.5) is 0 Å². The highest BCUT2D eigenvalue weighted by atomic mass is 35.5. The van der Waals surface area contributed by atoms with Crippen LogP contribution in [0.5, 0.6) is 0 Å². The second kappa shape index (κ2) is 12.6. The Kier molecular flexibility index (Phi) is 19.7. The zero-order valence-electron chi connectivity index (χ0n) is 8.29. The molecule has 0 radical (unpaired) electrons. The van der Waals surface area contributed by atoms with Crippen molar-refractivity contribution in [2.45, 2.75) is 0 Å². The highest BCUT2D eigenvalue weighted by molar-refractivity contribution is 5.85. The van der Waals surface area contributed by atoms with Gasteiger partial charge in [0.05, 0.1) is 0 Å². The molecule has 11 heavy (non-hydrogen) atoms. The third kappa shape index (κ3) is 72.3. The molecule has 0 aromatic carbocycles. The molecule has 0 aromatic rings. The number of nitrogens with zero attached hydrogens (tertiary/aromatic N) is 2. The summed E-state index contributed by atoms with van der Waals surface area (Å²) in [5, 5.41) is 0. The summed E-state index contributed by atoms with van der Waals surface area (Å²) in [5.41, 5.74) is 0. The number of rotatable bonds is 2. The summed E-state index contributed by atoms with van der Waals surface area (Å²) in [7, 11) is 10.0. The third-order valence-electron chi connectivity index (χ3n) is 0.494. The van der Waals surface area contributed by atoms with Gasteiger partial charge in [0.1, 0.15) is 0 Å². The average Bonchev–Trinajstić information content (AvgIpc) is 1.62. The Labute approximate surface area is 77.3 Å². The molecule has 2 nitrogen and oxygen atoms in total. The average molecular weight is 181 g/mol. The number of halogens is 1. The highest BCUT2D eigenvalue weighted by Crippen LogP contribution is 1.69. The van der Waals surface area contributed by atoms with E-state index in [1.165, 1.54) is 0 Å². The molecule has 0 aliphatic rings. The van der Waals surface area contributed by atoms with Gasteiger partial charge in [0.2, 0.25) is 0 Å². The van der Waals surface area contributed by atoms with Crippen molar-refractivity contribution < 1.29 is 0 Å². The van der Waals surface area contributed by atoms with Crippen LogP contribution in [-0.2, 0) is 0 Å². The van der Waals surface area contributed by atoms with E-state index in [9.17, 15) is 0 Å². The van der Waals surface area contributed by atoms with E-state index in [1.54, 1.807) is 0 Å². The van der Waals surface area contributed by atoms with Crippen molar-refractivity contribution in [3.63, 3.8) is 0 Å². The van der Waals surface area contributed by atoms with Gasteiger partial charge in [0.25, 0.3) is 0 Å². The van der Waals surface area contributed by atoms with Gasteiger partial charge in [-0.2, -0.15) is 0 Å². The van der Waals surface area contributed by atoms with E-state index < -0.39 is 0 Å². The fourth-order valence-electron chi connectivity index (χ4n) is 0.258. The van der Waals surface area contributed by atoms with Gasteiger partial charge in [-0.25, -0.2) is 0 Å². The first-order chi connectivity index (χ1) is 4.50. The molecule has 0 N–H and O–H groups in total. The molecule has 0 heterocycles. The van der Waals surface area contributed by atoms with Crippen molar-refractivity contribution in [3.8, 4) is 0 Å². The zero-order chi connectivity index (χ0) is 8.57. The molecule has 3 heteroatoms. The minimum Gasteiger partial charge on any atom is -0.312 e. The maximum atomic E-state index is 3.56. The molecule has 0 aliphatic carbocycles. The minimum absolute atomic E-state index is 0. The van der Waals surface area contributed by atoms with Crippen LogP contribution in [0.1, 0.15) is 0 Å². The van der Waals surface area contributed by atoms with Crippen LogP contribution in [0.2, 0.25) is 0 Å². The summed E-state index contributed by atoms with van der Waals surface area (Å²) >= 11 is 0. The predicted octanol–water partition coefficient (Wildman–Crippen LogP) is 1.33. The van der Waals surface area contributed by atoms with Gasteiger partial charge >= 0.3 is 0 Å². The number of likely N-dealkylation sites (N-methyl/N-ethyl adjacent to an activating group) is 1. The van der Waals surface area contributed by atoms with Gasteiger partial charge in [-0.15, -0.1) is 19.0 Å². The fourth-order valence-corrected chi connectivity index (χ4v) is 0.258. The zero-order valence-corrected chi connectivity index (χ0v) is 9.11. The molecule has 0 rings (SSSR count). The summed E-state index contributed by atoms with van der Waals surface area (Å²) in [6, 6.07) is 0. The van der Waals surface area contributed by atoms with Gasteiger partial charge in [-0.05, 0) is 35.2 Å². The van der Waals surface area contributed by atoms with Crippen LogP contribution in [0.3, 0.4) is 0 Å². The maximum absolute atomic E-state index is 3.56. The molecule has 0 atom stereocenters. The van der Waals surface area contributed by atoms with E-state index in [2.05, 4.69) is 11.5 Å². The molecule has 0 fully saturated rings. The number of hydrogen-bond acceptors (Lipinski definition) is 2. The highest BCUT2D eigenvalue weighted by Gasteiger charge is 1.75. The van der Waals surface area contributed by atoms with Crippen LogP contribution >= 0.6 is 12.4 Å². The van der Waals surface area contributed by atoms with Gasteiger partial charge in [0, 0.05) is 6.54 Å². The Balaban J connectivity index is -0.000000114. The molecular formula is C8H21ClN2. The van der Waals surface area contributed by atoms with Crippen LogP contribution in [0.25, 0.3) is 0 Å². The lowest BCUT2D eigenvalue weighted by molar-refractivity contribution is 0.457. The minimum atomic E-state index is 0. The Bertz CT molecular complexity index is 69.7. The smallest absolute Gasteiger partial charge is 0.0154 e. The lowest BCUT2D eigenvalue weighted by Gasteiger charge is -2.01. The van der Waals surface area contributed by atoms with Crippen molar-refractivity contribution >= 4 is 12.4 Å². The molecule has 0 saturated heterocycles. The standard InChI is InChI=1S/C5H11N.C3H9N.ClH/c1-4-5-6(2)3;1-4(2)3;/h4H,1,5H2,2-3H3;1-3H3;1H. The molecule has 0 bridgehead atoms. The first-order valence-electron chi connectivity index (χ1n) is 3.37. The molecule has 0 spiro atoms. The van der Waals surface area contributed by atoms with Gasteiger partial charge in [-0.3, -0.25) is 0 Å². The van der Waals surface area contributed by atoms with E-state index in [4.69, 9.17) is 0 Å². The van der Waals surface area contributed by atoms with Crippen LogP contribution in [0, 0.1) is 0 Å². The molecule has 0 aliphatic heterocycles. The van der Waals surface area contributed by atoms with Crippen molar-refractivity contribution in [3.05, 3.63) is 12.7 Å². The molecule has 0 saturated carbocycles. The van der Waals surface area contributed by atoms with E-state index in [0.29, 0.717) is 0 Å². The monoisotopic (exact) mass is 180 g/mol. The van der Waals surface area contributed by atoms with E-state index >= 15 is 0 Å². The Morgan fingerprint density at radius 1 is 1.09 bits per heavy atom. The van der Waals surface area contributed by atoms with E-state index in [0.717, 1.165) is 6.54 Å². The van der Waals surface area contributed by atoms with Crippen molar-refractivity contribution in [1.29, 1.82) is 0 Å². The summed E-state index contributed by atoms with van der Waals surface area (Å²) in [5.74, 6) is 0. The van der Waals surface area contributed by atoms with E-state index in [-0.39, 0.29) is 12.4 Å². The lowest BCUT2D eigenvalue weighted by atomic mass is 10.6. The Hall–Kier alpha value is -0.0500. The SMILES string of the molecule is C=CCN(C)C.CN(C)C.Cl. The normalized spacial score (nSPS) is 8.27. The molecule has 0 aromatic heterocycles. The molecular weight excluding hydrogens is 160 g/mol. The summed E-state index contributed by atoms with van der Waals surface area (Å²) in [6.45, 7) is 4.53. The van der Waals surface area contributed by atoms with Crippen LogP contribution in [-0.4, -0.2) is 51.6 Å². The Morgan fingerprint density at radius 3 is 1.36 bits per heavy atom. The lowest BCUT2D eigenvalue weighted by Crippen LogP contribution is -2.09. The second-order valence-electron chi connectivity index (χ2n) is 2.89. The topological polar surface area (TPSA) is 6.48 Å². The molecule has 0 unspecified atom stereocenters. The largest absolute Gasteiger partial charge is 0.312 e. The van der Waals surface area contributed by atoms with Crippen molar-refractivity contribution in [1.82, 2.24) is 9.80 Å².